The van der Waals surface area contributed by atoms with Gasteiger partial charge in [-0.25, -0.2) is 4.79 Å². The van der Waals surface area contributed by atoms with E-state index in [1.165, 1.54) is 37.6 Å². The topological polar surface area (TPSA) is 242 Å². The Labute approximate surface area is 284 Å². The standard InChI is InChI=1S/C32H52N6O11/c1-4-5-6-7-8-9-10-11-14-34-28(44)18-12-15-36(2)21(29(45)37(18)3)26(49-31-25(43)22(40)19(17-33)47-31)27-23(41)24(42)30(48-27)38-16-13-20(39)35-32(38)46/h12-13,16,19,21-27,30-31,40-43H,4-11,14-15,17,33H2,1-3H3,(H,34,44)(H,35,39,46)/t19-,21+,22-,23+,24-,25-,26+,27+,30-,31+/m1/s1. The molecule has 2 amide bonds. The molecule has 4 rings (SSSR count). The number of rotatable bonds is 16. The predicted octanol–water partition coefficient (Wildman–Crippen LogP) is -2.14. The number of nitrogens with two attached hydrogens (primary N) is 1. The third-order valence-electron chi connectivity index (χ3n) is 9.42. The van der Waals surface area contributed by atoms with Crippen molar-refractivity contribution >= 4 is 11.8 Å². The van der Waals surface area contributed by atoms with Gasteiger partial charge in [0.15, 0.2) is 12.5 Å². The van der Waals surface area contributed by atoms with Crippen molar-refractivity contribution in [3.63, 3.8) is 0 Å². The van der Waals surface area contributed by atoms with E-state index < -0.39 is 84.4 Å². The summed E-state index contributed by atoms with van der Waals surface area (Å²) < 4.78 is 18.6. The molecule has 2 saturated heterocycles. The number of aliphatic hydroxyl groups excluding tert-OH is 4. The second-order valence-electron chi connectivity index (χ2n) is 13.0. The lowest BCUT2D eigenvalue weighted by Gasteiger charge is -2.38. The van der Waals surface area contributed by atoms with Crippen LogP contribution in [0.15, 0.2) is 33.6 Å². The van der Waals surface area contributed by atoms with Crippen molar-refractivity contribution in [2.75, 3.05) is 33.7 Å². The molecule has 276 valence electrons. The SMILES string of the molecule is CCCCCCCCCCNC(=O)C1=CCN(C)[C@@H]([C@H](O[C@@H]2O[C@H](CN)[C@@H](O)[C@H]2O)[C@H]2O[C@@H](n3ccc(=O)[nH]c3=O)[C@H](O)[C@@H]2O)C(=O)N1C. The third-order valence-corrected chi connectivity index (χ3v) is 9.42. The van der Waals surface area contributed by atoms with Crippen LogP contribution in [0.4, 0.5) is 0 Å². The summed E-state index contributed by atoms with van der Waals surface area (Å²) in [6.07, 6.45) is -2.04. The first-order chi connectivity index (χ1) is 23.4. The zero-order chi connectivity index (χ0) is 35.8. The van der Waals surface area contributed by atoms with E-state index in [-0.39, 0.29) is 18.8 Å². The lowest BCUT2D eigenvalue weighted by atomic mass is 9.97. The summed E-state index contributed by atoms with van der Waals surface area (Å²) in [5, 5.41) is 46.3. The van der Waals surface area contributed by atoms with E-state index in [1.807, 2.05) is 0 Å². The average Bonchev–Trinajstić information content (AvgIpc) is 3.47. The van der Waals surface area contributed by atoms with Gasteiger partial charge in [-0.2, -0.15) is 0 Å². The highest BCUT2D eigenvalue weighted by Crippen LogP contribution is 2.36. The summed E-state index contributed by atoms with van der Waals surface area (Å²) in [6, 6.07) is -0.269. The molecule has 4 heterocycles. The summed E-state index contributed by atoms with van der Waals surface area (Å²) >= 11 is 0. The molecule has 0 aliphatic carbocycles. The van der Waals surface area contributed by atoms with Crippen molar-refractivity contribution in [1.29, 1.82) is 0 Å². The van der Waals surface area contributed by atoms with E-state index in [9.17, 15) is 39.6 Å². The zero-order valence-electron chi connectivity index (χ0n) is 28.3. The molecule has 0 spiro atoms. The van der Waals surface area contributed by atoms with E-state index >= 15 is 0 Å². The molecule has 3 aliphatic rings. The van der Waals surface area contributed by atoms with Crippen LogP contribution >= 0.6 is 0 Å². The van der Waals surface area contributed by atoms with Gasteiger partial charge < -0.3 is 50.6 Å². The molecule has 17 heteroatoms. The van der Waals surface area contributed by atoms with E-state index in [4.69, 9.17) is 19.9 Å². The molecule has 0 bridgehead atoms. The maximum atomic E-state index is 14.2. The number of aromatic nitrogens is 2. The van der Waals surface area contributed by atoms with Gasteiger partial charge in [0.05, 0.1) is 0 Å². The van der Waals surface area contributed by atoms with E-state index in [2.05, 4.69) is 17.2 Å². The first-order valence-electron chi connectivity index (χ1n) is 17.1. The fourth-order valence-electron chi connectivity index (χ4n) is 6.50. The van der Waals surface area contributed by atoms with Gasteiger partial charge in [-0.15, -0.1) is 0 Å². The highest BCUT2D eigenvalue weighted by molar-refractivity contribution is 5.99. The Bertz CT molecular complexity index is 1400. The maximum Gasteiger partial charge on any atom is 0.330 e. The highest BCUT2D eigenvalue weighted by atomic mass is 16.7. The summed E-state index contributed by atoms with van der Waals surface area (Å²) in [7, 11) is 3.00. The summed E-state index contributed by atoms with van der Waals surface area (Å²) in [5.41, 5.74) is 4.17. The minimum absolute atomic E-state index is 0.0669. The Morgan fingerprint density at radius 1 is 1.00 bits per heavy atom. The Balaban J connectivity index is 1.53. The number of H-pyrrole nitrogens is 1. The Kier molecular flexibility index (Phi) is 14.1. The molecule has 10 atom stereocenters. The molecule has 0 saturated carbocycles. The van der Waals surface area contributed by atoms with Crippen LogP contribution < -0.4 is 22.3 Å². The first kappa shape index (κ1) is 38.8. The van der Waals surface area contributed by atoms with Crippen LogP contribution in [0.5, 0.6) is 0 Å². The quantitative estimate of drug-likeness (QED) is 0.0914. The molecule has 2 fully saturated rings. The normalized spacial score (nSPS) is 31.5. The number of amides is 2. The number of aliphatic hydroxyl groups is 4. The number of likely N-dealkylation sites (N-methyl/N-ethyl adjacent to an activating group) is 2. The van der Waals surface area contributed by atoms with Gasteiger partial charge in [0.25, 0.3) is 11.5 Å². The van der Waals surface area contributed by atoms with Gasteiger partial charge in [0, 0.05) is 38.9 Å². The van der Waals surface area contributed by atoms with Crippen LogP contribution in [0, 0.1) is 0 Å². The van der Waals surface area contributed by atoms with Gasteiger partial charge in [-0.3, -0.25) is 28.8 Å². The fraction of sp³-hybridized carbons (Fsp3) is 0.750. The van der Waals surface area contributed by atoms with Gasteiger partial charge in [0.1, 0.15) is 54.5 Å². The number of nitrogens with one attached hydrogen (secondary N) is 2. The Morgan fingerprint density at radius 2 is 1.67 bits per heavy atom. The van der Waals surface area contributed by atoms with Crippen LogP contribution in [0.2, 0.25) is 0 Å². The highest BCUT2D eigenvalue weighted by Gasteiger charge is 2.55. The summed E-state index contributed by atoms with van der Waals surface area (Å²) in [6.45, 7) is 2.52. The molecule has 17 nitrogen and oxygen atoms in total. The number of nitrogens with zero attached hydrogens (tertiary/aromatic N) is 3. The third kappa shape index (κ3) is 9.03. The molecule has 3 aliphatic heterocycles. The number of aromatic amines is 1. The molecule has 1 aromatic rings. The van der Waals surface area contributed by atoms with Crippen molar-refractivity contribution < 1.29 is 44.2 Å². The van der Waals surface area contributed by atoms with Crippen LogP contribution in [-0.2, 0) is 23.8 Å². The minimum atomic E-state index is -1.75. The number of hydrogen-bond donors (Lipinski definition) is 7. The number of hydrogen-bond acceptors (Lipinski definition) is 13. The Hall–Kier alpha value is -3.00. The molecule has 0 unspecified atom stereocenters. The summed E-state index contributed by atoms with van der Waals surface area (Å²) in [5.74, 6) is -1.09. The lowest BCUT2D eigenvalue weighted by molar-refractivity contribution is -0.232. The smallest absolute Gasteiger partial charge is 0.330 e. The maximum absolute atomic E-state index is 14.2. The fourth-order valence-corrected chi connectivity index (χ4v) is 6.50. The molecular formula is C32H52N6O11. The van der Waals surface area contributed by atoms with Gasteiger partial charge >= 0.3 is 5.69 Å². The lowest BCUT2D eigenvalue weighted by Crippen LogP contribution is -2.59. The van der Waals surface area contributed by atoms with Gasteiger partial charge in [0.2, 0.25) is 5.91 Å². The largest absolute Gasteiger partial charge is 0.387 e. The van der Waals surface area contributed by atoms with Crippen LogP contribution in [-0.4, -0.2) is 140 Å². The number of carbonyl (C=O) groups is 2. The average molecular weight is 697 g/mol. The summed E-state index contributed by atoms with van der Waals surface area (Å²) in [4.78, 5) is 56.4. The van der Waals surface area contributed by atoms with Crippen molar-refractivity contribution in [2.24, 2.45) is 5.73 Å². The first-order valence-corrected chi connectivity index (χ1v) is 17.1. The monoisotopic (exact) mass is 696 g/mol. The minimum Gasteiger partial charge on any atom is -0.387 e. The van der Waals surface area contributed by atoms with E-state index in [1.54, 1.807) is 18.0 Å². The Morgan fingerprint density at radius 3 is 2.31 bits per heavy atom. The van der Waals surface area contributed by atoms with Crippen molar-refractivity contribution in [3.8, 4) is 0 Å². The van der Waals surface area contributed by atoms with E-state index in [0.717, 1.165) is 42.5 Å². The molecule has 0 aromatic carbocycles. The van der Waals surface area contributed by atoms with Crippen molar-refractivity contribution in [2.45, 2.75) is 120 Å². The van der Waals surface area contributed by atoms with Crippen molar-refractivity contribution in [1.82, 2.24) is 24.7 Å². The second kappa shape index (κ2) is 17.8. The van der Waals surface area contributed by atoms with Crippen molar-refractivity contribution in [3.05, 3.63) is 44.9 Å². The molecular weight excluding hydrogens is 644 g/mol. The molecule has 1 aromatic heterocycles. The number of unbranched alkanes of at least 4 members (excludes halogenated alkanes) is 7. The number of carbonyl (C=O) groups excluding carboxylic acids is 2. The van der Waals surface area contributed by atoms with Crippen LogP contribution in [0.1, 0.15) is 64.5 Å². The molecule has 8 N–H and O–H groups in total. The molecule has 49 heavy (non-hydrogen) atoms. The number of ether oxygens (including phenoxy) is 3. The second-order valence-corrected chi connectivity index (χ2v) is 13.0. The molecule has 0 radical (unpaired) electrons. The zero-order valence-corrected chi connectivity index (χ0v) is 28.3. The predicted molar refractivity (Wildman–Crippen MR) is 175 cm³/mol. The van der Waals surface area contributed by atoms with Crippen LogP contribution in [0.25, 0.3) is 0 Å². The van der Waals surface area contributed by atoms with Gasteiger partial charge in [-0.05, 0) is 19.5 Å². The van der Waals surface area contributed by atoms with E-state index in [0.29, 0.717) is 6.54 Å². The van der Waals surface area contributed by atoms with Crippen LogP contribution in [0.3, 0.4) is 0 Å². The van der Waals surface area contributed by atoms with Gasteiger partial charge in [-0.1, -0.05) is 51.9 Å².